The minimum atomic E-state index is -4.54. The molecule has 5 nitrogen and oxygen atoms in total. The number of alkyl halides is 3. The number of hydrogen-bond acceptors (Lipinski definition) is 4. The molecule has 0 radical (unpaired) electrons. The Morgan fingerprint density at radius 2 is 1.78 bits per heavy atom. The molecular weight excluding hydrogens is 535 g/mol. The van der Waals surface area contributed by atoms with Crippen molar-refractivity contribution in [2.24, 2.45) is 10.5 Å². The van der Waals surface area contributed by atoms with Crippen LogP contribution in [-0.2, 0) is 6.18 Å². The van der Waals surface area contributed by atoms with Crippen LogP contribution >= 0.6 is 15.9 Å². The minimum absolute atomic E-state index is 0.00629. The maximum atomic E-state index is 13.4. The number of benzene rings is 3. The fraction of sp³-hybridized carbons (Fsp3) is 0.222. The van der Waals surface area contributed by atoms with Crippen molar-refractivity contribution in [2.45, 2.75) is 26.9 Å². The molecule has 0 amide bonds. The van der Waals surface area contributed by atoms with Gasteiger partial charge < -0.3 is 4.74 Å². The standard InChI is InChI=1S/C27H23BrF3N3O2/c1-26(2,3)16-36-23-12-11-20(28)14-18(23)15-32-34-24(17-7-6-8-19(13-17)27(29,30)31)33-22-10-5-4-9-21(22)25(34)35/h4-15H,16H2,1-3H3. The van der Waals surface area contributed by atoms with Crippen molar-refractivity contribution in [2.75, 3.05) is 6.61 Å². The van der Waals surface area contributed by atoms with E-state index in [1.54, 1.807) is 36.4 Å². The van der Waals surface area contributed by atoms with Gasteiger partial charge in [-0.2, -0.15) is 22.9 Å². The Bertz CT molecular complexity index is 1510. The number of rotatable bonds is 5. The smallest absolute Gasteiger partial charge is 0.416 e. The highest BCUT2D eigenvalue weighted by Crippen LogP contribution is 2.32. The van der Waals surface area contributed by atoms with Crippen LogP contribution in [0.2, 0.25) is 0 Å². The number of nitrogens with zero attached hydrogens (tertiary/aromatic N) is 3. The summed E-state index contributed by atoms with van der Waals surface area (Å²) < 4.78 is 47.9. The topological polar surface area (TPSA) is 56.5 Å². The van der Waals surface area contributed by atoms with E-state index in [9.17, 15) is 18.0 Å². The molecule has 0 bridgehead atoms. The number of ether oxygens (including phenoxy) is 1. The van der Waals surface area contributed by atoms with Gasteiger partial charge in [0.05, 0.1) is 29.3 Å². The van der Waals surface area contributed by atoms with Gasteiger partial charge in [0.2, 0.25) is 0 Å². The van der Waals surface area contributed by atoms with E-state index in [4.69, 9.17) is 4.74 Å². The zero-order chi connectivity index (χ0) is 26.1. The molecule has 36 heavy (non-hydrogen) atoms. The Kier molecular flexibility index (Phi) is 7.04. The van der Waals surface area contributed by atoms with Crippen LogP contribution in [0, 0.1) is 5.41 Å². The molecule has 4 rings (SSSR count). The number of aromatic nitrogens is 2. The molecule has 1 aromatic heterocycles. The second-order valence-electron chi connectivity index (χ2n) is 9.42. The van der Waals surface area contributed by atoms with Crippen molar-refractivity contribution in [3.63, 3.8) is 0 Å². The second-order valence-corrected chi connectivity index (χ2v) is 10.3. The lowest BCUT2D eigenvalue weighted by Gasteiger charge is -2.20. The molecule has 0 spiro atoms. The first-order chi connectivity index (χ1) is 16.9. The van der Waals surface area contributed by atoms with Gasteiger partial charge >= 0.3 is 6.18 Å². The van der Waals surface area contributed by atoms with Crippen molar-refractivity contribution in [3.05, 3.63) is 92.7 Å². The molecule has 0 saturated carbocycles. The summed E-state index contributed by atoms with van der Waals surface area (Å²) in [5, 5.41) is 4.67. The highest BCUT2D eigenvalue weighted by atomic mass is 79.9. The summed E-state index contributed by atoms with van der Waals surface area (Å²) in [6, 6.07) is 16.7. The molecule has 0 N–H and O–H groups in total. The highest BCUT2D eigenvalue weighted by molar-refractivity contribution is 9.10. The van der Waals surface area contributed by atoms with Gasteiger partial charge in [-0.25, -0.2) is 4.98 Å². The average Bonchev–Trinajstić information content (AvgIpc) is 2.82. The lowest BCUT2D eigenvalue weighted by atomic mass is 9.99. The summed E-state index contributed by atoms with van der Waals surface area (Å²) in [5.41, 5.74) is -0.374. The first-order valence-electron chi connectivity index (χ1n) is 11.1. The summed E-state index contributed by atoms with van der Waals surface area (Å²) in [5.74, 6) is 0.549. The van der Waals surface area contributed by atoms with Crippen LogP contribution < -0.4 is 10.3 Å². The monoisotopic (exact) mass is 557 g/mol. The summed E-state index contributed by atoms with van der Waals surface area (Å²) >= 11 is 3.43. The van der Waals surface area contributed by atoms with Gasteiger partial charge in [0.15, 0.2) is 5.82 Å². The largest absolute Gasteiger partial charge is 0.492 e. The predicted octanol–water partition coefficient (Wildman–Crippen LogP) is 7.15. The lowest BCUT2D eigenvalue weighted by Crippen LogP contribution is -2.21. The number of hydrogen-bond donors (Lipinski definition) is 0. The zero-order valence-electron chi connectivity index (χ0n) is 19.8. The first kappa shape index (κ1) is 25.6. The maximum Gasteiger partial charge on any atom is 0.416 e. The fourth-order valence-corrected chi connectivity index (χ4v) is 3.80. The third-order valence-corrected chi connectivity index (χ3v) is 5.64. The van der Waals surface area contributed by atoms with Gasteiger partial charge in [-0.3, -0.25) is 4.79 Å². The van der Waals surface area contributed by atoms with Gasteiger partial charge in [0, 0.05) is 15.6 Å². The molecule has 0 fully saturated rings. The van der Waals surface area contributed by atoms with E-state index in [0.29, 0.717) is 28.8 Å². The Labute approximate surface area is 214 Å². The van der Waals surface area contributed by atoms with E-state index in [2.05, 4.69) is 26.0 Å². The molecular formula is C27H23BrF3N3O2. The molecule has 0 saturated heterocycles. The van der Waals surface area contributed by atoms with Crippen LogP contribution in [0.5, 0.6) is 5.75 Å². The molecule has 0 aliphatic carbocycles. The van der Waals surface area contributed by atoms with Gasteiger partial charge in [-0.1, -0.05) is 61.0 Å². The van der Waals surface area contributed by atoms with Crippen molar-refractivity contribution in [1.29, 1.82) is 0 Å². The van der Waals surface area contributed by atoms with E-state index >= 15 is 0 Å². The Hall–Kier alpha value is -3.46. The highest BCUT2D eigenvalue weighted by Gasteiger charge is 2.31. The first-order valence-corrected chi connectivity index (χ1v) is 11.9. The quantitative estimate of drug-likeness (QED) is 0.245. The molecule has 3 aromatic carbocycles. The Balaban J connectivity index is 1.88. The lowest BCUT2D eigenvalue weighted by molar-refractivity contribution is -0.137. The minimum Gasteiger partial charge on any atom is -0.492 e. The van der Waals surface area contributed by atoms with Gasteiger partial charge in [-0.15, -0.1) is 0 Å². The summed E-state index contributed by atoms with van der Waals surface area (Å²) in [6.07, 6.45) is -3.10. The number of fused-ring (bicyclic) bond motifs is 1. The van der Waals surface area contributed by atoms with Crippen molar-refractivity contribution >= 4 is 33.0 Å². The molecule has 4 aromatic rings. The van der Waals surface area contributed by atoms with Crippen molar-refractivity contribution in [1.82, 2.24) is 9.66 Å². The molecule has 186 valence electrons. The van der Waals surface area contributed by atoms with E-state index in [-0.39, 0.29) is 16.8 Å². The maximum absolute atomic E-state index is 13.4. The van der Waals surface area contributed by atoms with Crippen LogP contribution in [0.1, 0.15) is 31.9 Å². The van der Waals surface area contributed by atoms with E-state index < -0.39 is 17.3 Å². The number of para-hydroxylation sites is 1. The van der Waals surface area contributed by atoms with Crippen molar-refractivity contribution in [3.8, 4) is 17.1 Å². The molecule has 1 heterocycles. The summed E-state index contributed by atoms with van der Waals surface area (Å²) in [6.45, 7) is 6.58. The Morgan fingerprint density at radius 3 is 2.50 bits per heavy atom. The van der Waals surface area contributed by atoms with E-state index in [1.165, 1.54) is 18.3 Å². The van der Waals surface area contributed by atoms with Crippen LogP contribution in [0.15, 0.2) is 81.1 Å². The molecule has 0 atom stereocenters. The second kappa shape index (κ2) is 9.89. The SMILES string of the molecule is CC(C)(C)COc1ccc(Br)cc1C=Nn1c(-c2cccc(C(F)(F)F)c2)nc2ccccc2c1=O. The Morgan fingerprint density at radius 1 is 1.03 bits per heavy atom. The average molecular weight is 558 g/mol. The summed E-state index contributed by atoms with van der Waals surface area (Å²) in [4.78, 5) is 17.9. The molecule has 9 heteroatoms. The summed E-state index contributed by atoms with van der Waals surface area (Å²) in [7, 11) is 0. The van der Waals surface area contributed by atoms with Crippen LogP contribution in [0.3, 0.4) is 0 Å². The van der Waals surface area contributed by atoms with E-state index in [0.717, 1.165) is 21.3 Å². The normalized spacial score (nSPS) is 12.4. The predicted molar refractivity (Wildman–Crippen MR) is 139 cm³/mol. The van der Waals surface area contributed by atoms with E-state index in [1.807, 2.05) is 26.8 Å². The van der Waals surface area contributed by atoms with Gasteiger partial charge in [0.25, 0.3) is 5.56 Å². The van der Waals surface area contributed by atoms with Crippen LogP contribution in [0.25, 0.3) is 22.3 Å². The van der Waals surface area contributed by atoms with Gasteiger partial charge in [-0.05, 0) is 47.9 Å². The molecule has 0 aliphatic heterocycles. The third-order valence-electron chi connectivity index (χ3n) is 5.15. The van der Waals surface area contributed by atoms with Crippen molar-refractivity contribution < 1.29 is 17.9 Å². The van der Waals surface area contributed by atoms with Crippen LogP contribution in [0.4, 0.5) is 13.2 Å². The van der Waals surface area contributed by atoms with Gasteiger partial charge in [0.1, 0.15) is 5.75 Å². The zero-order valence-corrected chi connectivity index (χ0v) is 21.4. The molecule has 0 unspecified atom stereocenters. The third kappa shape index (κ3) is 5.84. The fourth-order valence-electron chi connectivity index (χ4n) is 3.42. The van der Waals surface area contributed by atoms with Crippen LogP contribution in [-0.4, -0.2) is 22.5 Å². The molecule has 0 aliphatic rings. The number of halogens is 4.